The van der Waals surface area contributed by atoms with Gasteiger partial charge in [0.1, 0.15) is 59.8 Å². The third kappa shape index (κ3) is 20.3. The quantitative estimate of drug-likeness (QED) is 0.0347. The molecule has 0 aliphatic carbocycles. The maximum Gasteiger partial charge on any atom is 0.328 e. The normalized spacial score (nSPS) is 17.3. The molecule has 0 radical (unpaired) electrons. The molecule has 0 aromatic heterocycles. The molecule has 30 heteroatoms. The van der Waals surface area contributed by atoms with Gasteiger partial charge in [-0.05, 0) is 80.3 Å². The van der Waals surface area contributed by atoms with Crippen molar-refractivity contribution in [3.8, 4) is 11.5 Å². The number of benzene rings is 2. The van der Waals surface area contributed by atoms with E-state index in [1.165, 1.54) is 60.4 Å². The van der Waals surface area contributed by atoms with E-state index in [0.29, 0.717) is 17.5 Å². The zero-order chi connectivity index (χ0) is 61.0. The van der Waals surface area contributed by atoms with E-state index in [0.717, 1.165) is 4.90 Å². The van der Waals surface area contributed by atoms with Crippen molar-refractivity contribution in [2.75, 3.05) is 32.8 Å². The Kier molecular flexibility index (Phi) is 24.9. The maximum atomic E-state index is 14.1. The SMILES string of the molecule is CC(C)C[C@H](NC(=O)CNC(=O)[C@@H]1CCCN1C(=O)[C@@H](N)CC(N)=O)C(=O)N[C@@H](C)C(=O)N[C@@H](Cc1ccc(O)cc1)C(=O)NCC(=O)N[C@@H](CC(N)=O)C(=O)N1CCC[C@H]1C(=O)N[C@@H](Cc1ccc(O)cc1)C(=O)N[C@@H](CO)C(=O)O. The number of aliphatic hydroxyl groups is 1. The minimum Gasteiger partial charge on any atom is -0.508 e. The van der Waals surface area contributed by atoms with E-state index >= 15 is 0 Å². The molecule has 30 nitrogen and oxygen atoms in total. The van der Waals surface area contributed by atoms with Crippen LogP contribution in [0, 0.1) is 5.92 Å². The highest BCUT2D eigenvalue weighted by molar-refractivity contribution is 5.99. The summed E-state index contributed by atoms with van der Waals surface area (Å²) in [7, 11) is 0. The predicted molar refractivity (Wildman–Crippen MR) is 286 cm³/mol. The first-order valence-electron chi connectivity index (χ1n) is 26.4. The summed E-state index contributed by atoms with van der Waals surface area (Å²) in [5, 5.41) is 57.9. The number of carboxylic acids is 1. The van der Waals surface area contributed by atoms with Gasteiger partial charge >= 0.3 is 5.97 Å². The zero-order valence-electron chi connectivity index (χ0n) is 45.5. The van der Waals surface area contributed by atoms with E-state index in [2.05, 4.69) is 42.5 Å². The number of likely N-dealkylation sites (tertiary alicyclic amines) is 2. The van der Waals surface area contributed by atoms with E-state index in [1.807, 2.05) is 0 Å². The van der Waals surface area contributed by atoms with Gasteiger partial charge in [-0.25, -0.2) is 4.79 Å². The number of nitrogens with one attached hydrogen (secondary N) is 8. The van der Waals surface area contributed by atoms with Crippen molar-refractivity contribution in [3.63, 3.8) is 0 Å². The summed E-state index contributed by atoms with van der Waals surface area (Å²) in [5.41, 5.74) is 17.3. The number of hydrogen-bond acceptors (Lipinski definition) is 17. The largest absolute Gasteiger partial charge is 0.508 e. The van der Waals surface area contributed by atoms with Crippen molar-refractivity contribution in [1.82, 2.24) is 52.3 Å². The van der Waals surface area contributed by atoms with Crippen molar-refractivity contribution in [3.05, 3.63) is 59.7 Å². The number of aliphatic hydroxyl groups excluding tert-OH is 1. The third-order valence-electron chi connectivity index (χ3n) is 13.2. The fourth-order valence-electron chi connectivity index (χ4n) is 9.05. The fraction of sp³-hybridized carbons (Fsp3) is 0.519. The van der Waals surface area contributed by atoms with E-state index in [1.54, 1.807) is 13.8 Å². The van der Waals surface area contributed by atoms with Crippen LogP contribution in [0.3, 0.4) is 0 Å². The average Bonchev–Trinajstić information content (AvgIpc) is 4.15. The van der Waals surface area contributed by atoms with Crippen LogP contribution in [-0.4, -0.2) is 194 Å². The van der Waals surface area contributed by atoms with Crippen LogP contribution in [0.15, 0.2) is 48.5 Å². The van der Waals surface area contributed by atoms with Crippen LogP contribution in [0.25, 0.3) is 0 Å². The van der Waals surface area contributed by atoms with E-state index in [4.69, 9.17) is 17.2 Å². The average molecular weight is 1150 g/mol. The molecule has 0 unspecified atom stereocenters. The van der Waals surface area contributed by atoms with Crippen LogP contribution in [-0.2, 0) is 75.2 Å². The number of aromatic hydroxyl groups is 2. The number of carbonyl (C=O) groups is 13. The first-order chi connectivity index (χ1) is 38.7. The maximum absolute atomic E-state index is 14.1. The van der Waals surface area contributed by atoms with Gasteiger partial charge in [0.15, 0.2) is 0 Å². The van der Waals surface area contributed by atoms with Gasteiger partial charge in [0.05, 0.1) is 38.6 Å². The predicted octanol–water partition coefficient (Wildman–Crippen LogP) is -5.77. The molecule has 82 heavy (non-hydrogen) atoms. The number of carboxylic acid groups (broad SMARTS) is 1. The first-order valence-corrected chi connectivity index (χ1v) is 26.4. The minimum atomic E-state index is -1.73. The topological polar surface area (TPSA) is 484 Å². The minimum absolute atomic E-state index is 0.0468. The lowest BCUT2D eigenvalue weighted by Gasteiger charge is -2.30. The molecular formula is C52H73N13O17. The summed E-state index contributed by atoms with van der Waals surface area (Å²) >= 11 is 0. The standard InChI is InChI=1S/C52H73N13O17/c1-26(2)18-33(59-42(71)24-57-48(77)38-6-4-16-64(38)50(79)32(53)21-40(54)69)46(75)58-27(3)44(73)61-34(19-28-8-12-30(67)13-9-28)45(74)56-23-43(72)60-36(22-41(55)70)51(80)65-17-5-7-39(65)49(78)62-35(20-29-10-14-31(68)15-11-29)47(76)63-37(25-66)52(81)82/h8-15,26-27,32-39,66-68H,4-7,16-25,53H2,1-3H3,(H2,54,69)(H2,55,70)(H,56,74)(H,57,77)(H,58,75)(H,59,71)(H,60,72)(H,61,73)(H,62,78)(H,63,76)(H,81,82)/t27-,32-,33-,34-,35-,36-,37-,38-,39-/m0/s1. The van der Waals surface area contributed by atoms with Crippen LogP contribution in [0.2, 0.25) is 0 Å². The van der Waals surface area contributed by atoms with E-state index in [-0.39, 0.29) is 69.0 Å². The molecule has 9 atom stereocenters. The van der Waals surface area contributed by atoms with Gasteiger partial charge in [0.2, 0.25) is 70.9 Å². The van der Waals surface area contributed by atoms with Crippen LogP contribution >= 0.6 is 0 Å². The molecule has 2 fully saturated rings. The molecule has 2 heterocycles. The van der Waals surface area contributed by atoms with Gasteiger partial charge in [-0.1, -0.05) is 38.1 Å². The summed E-state index contributed by atoms with van der Waals surface area (Å²) in [6.45, 7) is 2.51. The van der Waals surface area contributed by atoms with Gasteiger partial charge in [-0.2, -0.15) is 0 Å². The number of aliphatic carboxylic acids is 1. The number of nitrogens with zero attached hydrogens (tertiary/aromatic N) is 2. The van der Waals surface area contributed by atoms with Crippen molar-refractivity contribution in [2.45, 2.75) is 133 Å². The summed E-state index contributed by atoms with van der Waals surface area (Å²) in [6.07, 6.45) is -0.578. The van der Waals surface area contributed by atoms with Crippen molar-refractivity contribution in [1.29, 1.82) is 0 Å². The first kappa shape index (κ1) is 65.6. The molecule has 2 aliphatic heterocycles. The molecule has 2 aromatic rings. The molecular weight excluding hydrogens is 1080 g/mol. The molecule has 12 amide bonds. The van der Waals surface area contributed by atoms with Crippen molar-refractivity contribution >= 4 is 76.9 Å². The van der Waals surface area contributed by atoms with Crippen molar-refractivity contribution < 1.29 is 82.8 Å². The molecule has 2 aromatic carbocycles. The van der Waals surface area contributed by atoms with E-state index < -0.39 is 164 Å². The molecule has 4 rings (SSSR count). The highest BCUT2D eigenvalue weighted by Crippen LogP contribution is 2.22. The Balaban J connectivity index is 1.41. The van der Waals surface area contributed by atoms with E-state index in [9.17, 15) is 82.8 Å². The van der Waals surface area contributed by atoms with Gasteiger partial charge in [0, 0.05) is 25.9 Å². The molecule has 0 saturated carbocycles. The summed E-state index contributed by atoms with van der Waals surface area (Å²) in [5.74, 6) is -12.4. The number of phenols is 2. The molecule has 18 N–H and O–H groups in total. The zero-order valence-corrected chi connectivity index (χ0v) is 45.5. The summed E-state index contributed by atoms with van der Waals surface area (Å²) in [6, 6.07) is -1.39. The smallest absolute Gasteiger partial charge is 0.328 e. The second-order valence-corrected chi connectivity index (χ2v) is 20.3. The lowest BCUT2D eigenvalue weighted by molar-refractivity contribution is -0.144. The highest BCUT2D eigenvalue weighted by atomic mass is 16.4. The number of amides is 12. The Morgan fingerprint density at radius 3 is 1.51 bits per heavy atom. The summed E-state index contributed by atoms with van der Waals surface area (Å²) < 4.78 is 0. The van der Waals surface area contributed by atoms with Gasteiger partial charge in [-0.3, -0.25) is 57.5 Å². The Morgan fingerprint density at radius 2 is 1.01 bits per heavy atom. The number of nitrogens with two attached hydrogens (primary N) is 3. The van der Waals surface area contributed by atoms with Gasteiger partial charge in [-0.15, -0.1) is 0 Å². The fourth-order valence-corrected chi connectivity index (χ4v) is 9.05. The molecule has 0 bridgehead atoms. The van der Waals surface area contributed by atoms with Crippen LogP contribution in [0.1, 0.15) is 76.8 Å². The van der Waals surface area contributed by atoms with Crippen molar-refractivity contribution in [2.24, 2.45) is 23.1 Å². The monoisotopic (exact) mass is 1150 g/mol. The van der Waals surface area contributed by atoms with Crippen LogP contribution in [0.4, 0.5) is 0 Å². The Morgan fingerprint density at radius 1 is 0.549 bits per heavy atom. The Hall–Kier alpha value is -8.93. The highest BCUT2D eigenvalue weighted by Gasteiger charge is 2.41. The molecule has 2 aliphatic rings. The van der Waals surface area contributed by atoms with Crippen LogP contribution in [0.5, 0.6) is 11.5 Å². The van der Waals surface area contributed by atoms with Gasteiger partial charge < -0.3 is 90.0 Å². The summed E-state index contributed by atoms with van der Waals surface area (Å²) in [4.78, 5) is 172. The number of primary amides is 2. The number of rotatable bonds is 30. The number of carbonyl (C=O) groups excluding carboxylic acids is 12. The number of phenolic OH excluding ortho intramolecular Hbond substituents is 2. The Labute approximate surface area is 470 Å². The Bertz CT molecular complexity index is 2670. The lowest BCUT2D eigenvalue weighted by atomic mass is 10.0. The lowest BCUT2D eigenvalue weighted by Crippen LogP contribution is -2.59. The molecule has 448 valence electrons. The third-order valence-corrected chi connectivity index (χ3v) is 13.2. The molecule has 0 spiro atoms. The second kappa shape index (κ2) is 31.2. The number of hydrogen-bond donors (Lipinski definition) is 15. The van der Waals surface area contributed by atoms with Crippen LogP contribution < -0.4 is 59.7 Å². The van der Waals surface area contributed by atoms with Gasteiger partial charge in [0.25, 0.3) is 0 Å². The molecule has 2 saturated heterocycles. The second-order valence-electron chi connectivity index (χ2n) is 20.3.